The molecule has 1 aromatic heterocycles. The molecule has 0 aliphatic rings. The Bertz CT molecular complexity index is 540. The fourth-order valence-corrected chi connectivity index (χ4v) is 1.39. The molecular formula is C12H8ClNO3. The average Bonchev–Trinajstić information content (AvgIpc) is 2.29. The van der Waals surface area contributed by atoms with E-state index in [9.17, 15) is 4.79 Å². The molecule has 1 aromatic carbocycles. The number of aromatic nitrogens is 1. The van der Waals surface area contributed by atoms with Crippen LogP contribution in [0.25, 0.3) is 0 Å². The van der Waals surface area contributed by atoms with Crippen LogP contribution in [0.3, 0.4) is 0 Å². The second kappa shape index (κ2) is 4.84. The lowest BCUT2D eigenvalue weighted by molar-refractivity contribution is 0.0697. The molecule has 2 rings (SSSR count). The average molecular weight is 250 g/mol. The van der Waals surface area contributed by atoms with Crippen molar-refractivity contribution in [3.8, 4) is 11.6 Å². The van der Waals surface area contributed by atoms with Crippen LogP contribution >= 0.6 is 11.6 Å². The molecule has 4 nitrogen and oxygen atoms in total. The summed E-state index contributed by atoms with van der Waals surface area (Å²) in [6.45, 7) is 0. The summed E-state index contributed by atoms with van der Waals surface area (Å²) in [5, 5.41) is 9.07. The van der Waals surface area contributed by atoms with Crippen LogP contribution < -0.4 is 4.74 Å². The van der Waals surface area contributed by atoms with Crippen LogP contribution in [0.5, 0.6) is 11.6 Å². The summed E-state index contributed by atoms with van der Waals surface area (Å²) >= 11 is 5.71. The molecule has 0 unspecified atom stereocenters. The van der Waals surface area contributed by atoms with Gasteiger partial charge in [-0.3, -0.25) is 0 Å². The Kier molecular flexibility index (Phi) is 3.25. The van der Waals surface area contributed by atoms with Crippen LogP contribution in [0.4, 0.5) is 0 Å². The maximum Gasteiger partial charge on any atom is 0.335 e. The second-order valence-electron chi connectivity index (χ2n) is 3.23. The van der Waals surface area contributed by atoms with Gasteiger partial charge in [0.05, 0.1) is 5.56 Å². The first-order chi connectivity index (χ1) is 8.15. The van der Waals surface area contributed by atoms with E-state index >= 15 is 0 Å². The topological polar surface area (TPSA) is 59.4 Å². The molecule has 0 spiro atoms. The number of carbonyl (C=O) groups is 1. The van der Waals surface area contributed by atoms with Gasteiger partial charge in [-0.2, -0.15) is 0 Å². The predicted octanol–water partition coefficient (Wildman–Crippen LogP) is 3.23. The maximum atomic E-state index is 10.6. The van der Waals surface area contributed by atoms with Gasteiger partial charge in [-0.25, -0.2) is 9.78 Å². The summed E-state index contributed by atoms with van der Waals surface area (Å²) in [5.41, 5.74) is 0.205. The molecule has 0 saturated carbocycles. The zero-order valence-corrected chi connectivity index (χ0v) is 9.39. The fraction of sp³-hybridized carbons (Fsp3) is 0. The van der Waals surface area contributed by atoms with Crippen molar-refractivity contribution in [2.75, 3.05) is 0 Å². The number of carboxylic acids is 1. The van der Waals surface area contributed by atoms with Gasteiger partial charge in [0.25, 0.3) is 0 Å². The van der Waals surface area contributed by atoms with E-state index in [4.69, 9.17) is 21.4 Å². The molecule has 0 amide bonds. The van der Waals surface area contributed by atoms with Gasteiger partial charge in [0.2, 0.25) is 5.88 Å². The van der Waals surface area contributed by atoms with Crippen molar-refractivity contribution < 1.29 is 14.6 Å². The normalized spacial score (nSPS) is 9.94. The van der Waals surface area contributed by atoms with E-state index < -0.39 is 5.97 Å². The Balaban J connectivity index is 2.16. The van der Waals surface area contributed by atoms with Crippen molar-refractivity contribution in [1.82, 2.24) is 4.98 Å². The van der Waals surface area contributed by atoms with Crippen molar-refractivity contribution in [3.63, 3.8) is 0 Å². The highest BCUT2D eigenvalue weighted by atomic mass is 35.5. The van der Waals surface area contributed by atoms with Gasteiger partial charge in [0, 0.05) is 6.07 Å². The second-order valence-corrected chi connectivity index (χ2v) is 3.62. The van der Waals surface area contributed by atoms with Gasteiger partial charge in [-0.15, -0.1) is 0 Å². The summed E-state index contributed by atoms with van der Waals surface area (Å²) in [7, 11) is 0. The number of nitrogens with zero attached hydrogens (tertiary/aromatic N) is 1. The SMILES string of the molecule is O=C(O)c1ccc(Oc2cccc(Cl)n2)cc1. The molecule has 0 aliphatic carbocycles. The third-order valence-electron chi connectivity index (χ3n) is 2.01. The third kappa shape index (κ3) is 2.95. The van der Waals surface area contributed by atoms with Crippen LogP contribution in [0, 0.1) is 0 Å². The highest BCUT2D eigenvalue weighted by molar-refractivity contribution is 6.29. The molecule has 0 radical (unpaired) electrons. The van der Waals surface area contributed by atoms with E-state index in [0.29, 0.717) is 16.8 Å². The Morgan fingerprint density at radius 1 is 1.18 bits per heavy atom. The van der Waals surface area contributed by atoms with Crippen molar-refractivity contribution >= 4 is 17.6 Å². The van der Waals surface area contributed by atoms with Crippen LogP contribution in [0.15, 0.2) is 42.5 Å². The van der Waals surface area contributed by atoms with Crippen LogP contribution in [-0.2, 0) is 0 Å². The third-order valence-corrected chi connectivity index (χ3v) is 2.22. The zero-order valence-electron chi connectivity index (χ0n) is 8.63. The molecule has 0 aliphatic heterocycles. The molecule has 0 fully saturated rings. The van der Waals surface area contributed by atoms with Crippen molar-refractivity contribution in [2.45, 2.75) is 0 Å². The number of halogens is 1. The predicted molar refractivity (Wildman–Crippen MR) is 62.7 cm³/mol. The molecule has 86 valence electrons. The summed E-state index contributed by atoms with van der Waals surface area (Å²) in [6.07, 6.45) is 0. The molecule has 1 N–H and O–H groups in total. The van der Waals surface area contributed by atoms with Gasteiger partial charge in [-0.1, -0.05) is 17.7 Å². The summed E-state index contributed by atoms with van der Waals surface area (Å²) < 4.78 is 5.41. The highest BCUT2D eigenvalue weighted by Gasteiger charge is 2.03. The maximum absolute atomic E-state index is 10.6. The van der Waals surface area contributed by atoms with E-state index in [0.717, 1.165) is 0 Å². The molecule has 17 heavy (non-hydrogen) atoms. The van der Waals surface area contributed by atoms with Crippen LogP contribution in [0.1, 0.15) is 10.4 Å². The molecule has 5 heteroatoms. The monoisotopic (exact) mass is 249 g/mol. The molecule has 0 bridgehead atoms. The van der Waals surface area contributed by atoms with Crippen molar-refractivity contribution in [3.05, 3.63) is 53.2 Å². The minimum absolute atomic E-state index is 0.205. The first-order valence-electron chi connectivity index (χ1n) is 4.79. The lowest BCUT2D eigenvalue weighted by Crippen LogP contribution is -1.95. The summed E-state index contributed by atoms with van der Waals surface area (Å²) in [4.78, 5) is 14.6. The fourth-order valence-electron chi connectivity index (χ4n) is 1.23. The molecular weight excluding hydrogens is 242 g/mol. The molecule has 1 heterocycles. The van der Waals surface area contributed by atoms with Gasteiger partial charge < -0.3 is 9.84 Å². The molecule has 0 saturated heterocycles. The van der Waals surface area contributed by atoms with E-state index in [1.165, 1.54) is 12.1 Å². The summed E-state index contributed by atoms with van der Waals surface area (Å²) in [6, 6.07) is 11.1. The minimum Gasteiger partial charge on any atom is -0.478 e. The highest BCUT2D eigenvalue weighted by Crippen LogP contribution is 2.21. The number of carboxylic acid groups (broad SMARTS) is 1. The van der Waals surface area contributed by atoms with Crippen molar-refractivity contribution in [1.29, 1.82) is 0 Å². The number of ether oxygens (including phenoxy) is 1. The Labute approximate surface area is 102 Å². The van der Waals surface area contributed by atoms with Crippen LogP contribution in [0.2, 0.25) is 5.15 Å². The number of aromatic carboxylic acids is 1. The van der Waals surface area contributed by atoms with E-state index in [-0.39, 0.29) is 5.56 Å². The largest absolute Gasteiger partial charge is 0.478 e. The lowest BCUT2D eigenvalue weighted by Gasteiger charge is -2.04. The lowest BCUT2D eigenvalue weighted by atomic mass is 10.2. The number of pyridine rings is 1. The number of benzene rings is 1. The van der Waals surface area contributed by atoms with Crippen LogP contribution in [-0.4, -0.2) is 16.1 Å². The summed E-state index contributed by atoms with van der Waals surface area (Å²) in [5.74, 6) is -0.109. The zero-order chi connectivity index (χ0) is 12.3. The molecule has 2 aromatic rings. The Morgan fingerprint density at radius 2 is 1.88 bits per heavy atom. The van der Waals surface area contributed by atoms with E-state index in [1.54, 1.807) is 30.3 Å². The van der Waals surface area contributed by atoms with E-state index in [1.807, 2.05) is 0 Å². The number of hydrogen-bond donors (Lipinski definition) is 1. The van der Waals surface area contributed by atoms with Crippen molar-refractivity contribution in [2.24, 2.45) is 0 Å². The van der Waals surface area contributed by atoms with Gasteiger partial charge in [-0.05, 0) is 30.3 Å². The standard InChI is InChI=1S/C12H8ClNO3/c13-10-2-1-3-11(14-10)17-9-6-4-8(5-7-9)12(15)16/h1-7H,(H,15,16). The minimum atomic E-state index is -0.975. The molecule has 0 atom stereocenters. The van der Waals surface area contributed by atoms with E-state index in [2.05, 4.69) is 4.98 Å². The Hall–Kier alpha value is -2.07. The first-order valence-corrected chi connectivity index (χ1v) is 5.17. The number of hydrogen-bond acceptors (Lipinski definition) is 3. The van der Waals surface area contributed by atoms with Gasteiger partial charge in [0.1, 0.15) is 10.9 Å². The van der Waals surface area contributed by atoms with Gasteiger partial charge >= 0.3 is 5.97 Å². The Morgan fingerprint density at radius 3 is 2.47 bits per heavy atom. The first kappa shape index (κ1) is 11.4. The van der Waals surface area contributed by atoms with Gasteiger partial charge in [0.15, 0.2) is 0 Å². The number of rotatable bonds is 3. The smallest absolute Gasteiger partial charge is 0.335 e. The quantitative estimate of drug-likeness (QED) is 0.849.